The molecule has 4 nitrogen and oxygen atoms in total. The summed E-state index contributed by atoms with van der Waals surface area (Å²) < 4.78 is 1.17. The van der Waals surface area contributed by atoms with Gasteiger partial charge in [-0.05, 0) is 39.8 Å². The lowest BCUT2D eigenvalue weighted by Crippen LogP contribution is -2.44. The van der Waals surface area contributed by atoms with Crippen LogP contribution in [-0.4, -0.2) is 33.0 Å². The van der Waals surface area contributed by atoms with Crippen molar-refractivity contribution in [3.8, 4) is 0 Å². The summed E-state index contributed by atoms with van der Waals surface area (Å²) in [6.45, 7) is 8.96. The molecule has 2 aromatic rings. The van der Waals surface area contributed by atoms with E-state index in [9.17, 15) is 4.79 Å². The van der Waals surface area contributed by atoms with Gasteiger partial charge in [0.1, 0.15) is 5.01 Å². The molecule has 0 aliphatic heterocycles. The van der Waals surface area contributed by atoms with Crippen molar-refractivity contribution < 1.29 is 9.90 Å². The molecule has 114 valence electrons. The summed E-state index contributed by atoms with van der Waals surface area (Å²) in [5.41, 5.74) is 0.906. The normalized spacial score (nSPS) is 13.8. The topological polar surface area (TPSA) is 53.4 Å². The van der Waals surface area contributed by atoms with Crippen LogP contribution in [0.3, 0.4) is 0 Å². The fourth-order valence-electron chi connectivity index (χ4n) is 2.53. The molecule has 1 N–H and O–H groups in total. The molecular formula is C16H22N2O2S. The molecule has 0 aliphatic rings. The Balaban J connectivity index is 2.28. The largest absolute Gasteiger partial charge is 0.481 e. The summed E-state index contributed by atoms with van der Waals surface area (Å²) in [5.74, 6) is -0.763. The monoisotopic (exact) mass is 306 g/mol. The lowest BCUT2D eigenvalue weighted by atomic mass is 10.0. The quantitative estimate of drug-likeness (QED) is 0.909. The number of rotatable bonds is 5. The van der Waals surface area contributed by atoms with Crippen LogP contribution in [-0.2, 0) is 4.79 Å². The number of benzene rings is 1. The fourth-order valence-corrected chi connectivity index (χ4v) is 3.56. The standard InChI is InChI=1S/C16H22N2O2S/c1-11(18(16(2,3)4)10-9-14(19)20)15-17-12-7-5-6-8-13(12)21-15/h5-8,11H,9-10H2,1-4H3,(H,19,20). The molecule has 0 saturated heterocycles. The Bertz CT molecular complexity index is 597. The minimum Gasteiger partial charge on any atom is -0.481 e. The van der Waals surface area contributed by atoms with E-state index in [1.807, 2.05) is 18.2 Å². The van der Waals surface area contributed by atoms with Crippen LogP contribution in [0.4, 0.5) is 0 Å². The highest BCUT2D eigenvalue weighted by atomic mass is 32.1. The average Bonchev–Trinajstić information content (AvgIpc) is 2.80. The maximum atomic E-state index is 10.9. The van der Waals surface area contributed by atoms with Crippen molar-refractivity contribution in [2.75, 3.05) is 6.54 Å². The summed E-state index contributed by atoms with van der Waals surface area (Å²) in [4.78, 5) is 17.8. The predicted octanol–water partition coefficient (Wildman–Crippen LogP) is 3.93. The zero-order valence-electron chi connectivity index (χ0n) is 13.0. The zero-order valence-corrected chi connectivity index (χ0v) is 13.8. The van der Waals surface area contributed by atoms with Crippen LogP contribution in [0.15, 0.2) is 24.3 Å². The van der Waals surface area contributed by atoms with Crippen molar-refractivity contribution in [1.29, 1.82) is 0 Å². The number of para-hydroxylation sites is 1. The van der Waals surface area contributed by atoms with Crippen LogP contribution in [0, 0.1) is 0 Å². The van der Waals surface area contributed by atoms with Crippen LogP contribution in [0.2, 0.25) is 0 Å². The second-order valence-corrected chi connectivity index (χ2v) is 7.27. The summed E-state index contributed by atoms with van der Waals surface area (Å²) in [6, 6.07) is 8.19. The molecule has 0 aliphatic carbocycles. The molecule has 1 atom stereocenters. The molecule has 1 heterocycles. The molecule has 2 rings (SSSR count). The lowest BCUT2D eigenvalue weighted by Gasteiger charge is -2.39. The summed E-state index contributed by atoms with van der Waals surface area (Å²) in [6.07, 6.45) is 0.145. The fraction of sp³-hybridized carbons (Fsp3) is 0.500. The Morgan fingerprint density at radius 1 is 1.38 bits per heavy atom. The van der Waals surface area contributed by atoms with E-state index in [1.54, 1.807) is 11.3 Å². The van der Waals surface area contributed by atoms with Crippen molar-refractivity contribution in [3.05, 3.63) is 29.3 Å². The molecule has 0 fully saturated rings. The first-order valence-electron chi connectivity index (χ1n) is 7.13. The van der Waals surface area contributed by atoms with Gasteiger partial charge >= 0.3 is 5.97 Å². The van der Waals surface area contributed by atoms with Gasteiger partial charge < -0.3 is 5.11 Å². The molecule has 0 amide bonds. The first-order valence-corrected chi connectivity index (χ1v) is 7.94. The highest BCUT2D eigenvalue weighted by Crippen LogP contribution is 2.33. The molecular weight excluding hydrogens is 284 g/mol. The van der Waals surface area contributed by atoms with Gasteiger partial charge in [0.25, 0.3) is 0 Å². The Kier molecular flexibility index (Phi) is 4.64. The number of aliphatic carboxylic acids is 1. The van der Waals surface area contributed by atoms with Crippen LogP contribution in [0.25, 0.3) is 10.2 Å². The molecule has 1 unspecified atom stereocenters. The smallest absolute Gasteiger partial charge is 0.304 e. The summed E-state index contributed by atoms with van der Waals surface area (Å²) >= 11 is 1.68. The van der Waals surface area contributed by atoms with Crippen LogP contribution < -0.4 is 0 Å². The van der Waals surface area contributed by atoms with E-state index in [-0.39, 0.29) is 18.0 Å². The van der Waals surface area contributed by atoms with Gasteiger partial charge in [-0.1, -0.05) is 12.1 Å². The maximum Gasteiger partial charge on any atom is 0.304 e. The summed E-state index contributed by atoms with van der Waals surface area (Å²) in [5, 5.41) is 9.99. The molecule has 0 saturated carbocycles. The SMILES string of the molecule is CC(c1nc2ccccc2s1)N(CCC(=O)O)C(C)(C)C. The second-order valence-electron chi connectivity index (χ2n) is 6.20. The first-order chi connectivity index (χ1) is 9.79. The molecule has 1 aromatic carbocycles. The Morgan fingerprint density at radius 2 is 2.05 bits per heavy atom. The van der Waals surface area contributed by atoms with Crippen LogP contribution >= 0.6 is 11.3 Å². The van der Waals surface area contributed by atoms with Gasteiger partial charge in [0, 0.05) is 12.1 Å². The predicted molar refractivity (Wildman–Crippen MR) is 86.7 cm³/mol. The van der Waals surface area contributed by atoms with Gasteiger partial charge in [0.2, 0.25) is 0 Å². The van der Waals surface area contributed by atoms with Gasteiger partial charge in [0.05, 0.1) is 22.7 Å². The van der Waals surface area contributed by atoms with E-state index >= 15 is 0 Å². The maximum absolute atomic E-state index is 10.9. The molecule has 0 bridgehead atoms. The Hall–Kier alpha value is -1.46. The van der Waals surface area contributed by atoms with Crippen LogP contribution in [0.5, 0.6) is 0 Å². The minimum absolute atomic E-state index is 0.0988. The van der Waals surface area contributed by atoms with Crippen LogP contribution in [0.1, 0.15) is 45.2 Å². The number of hydrogen-bond donors (Lipinski definition) is 1. The molecule has 0 spiro atoms. The van der Waals surface area contributed by atoms with Gasteiger partial charge in [-0.3, -0.25) is 9.69 Å². The zero-order chi connectivity index (χ0) is 15.6. The number of carboxylic acids is 1. The Labute approximate surface area is 129 Å². The Morgan fingerprint density at radius 3 is 2.62 bits per heavy atom. The number of thiazole rings is 1. The third kappa shape index (κ3) is 3.80. The molecule has 5 heteroatoms. The summed E-state index contributed by atoms with van der Waals surface area (Å²) in [7, 11) is 0. The van der Waals surface area contributed by atoms with E-state index < -0.39 is 5.97 Å². The van der Waals surface area contributed by atoms with E-state index in [2.05, 4.69) is 38.7 Å². The van der Waals surface area contributed by atoms with Gasteiger partial charge in [0.15, 0.2) is 0 Å². The number of hydrogen-bond acceptors (Lipinski definition) is 4. The number of carbonyl (C=O) groups is 1. The highest BCUT2D eigenvalue weighted by molar-refractivity contribution is 7.18. The number of nitrogens with zero attached hydrogens (tertiary/aromatic N) is 2. The van der Waals surface area contributed by atoms with Gasteiger partial charge in [-0.25, -0.2) is 4.98 Å². The van der Waals surface area contributed by atoms with Crippen molar-refractivity contribution in [2.24, 2.45) is 0 Å². The van der Waals surface area contributed by atoms with E-state index in [1.165, 1.54) is 4.70 Å². The van der Waals surface area contributed by atoms with Gasteiger partial charge in [-0.2, -0.15) is 0 Å². The third-order valence-electron chi connectivity index (χ3n) is 3.56. The van der Waals surface area contributed by atoms with Crippen molar-refractivity contribution >= 4 is 27.5 Å². The number of aromatic nitrogens is 1. The van der Waals surface area contributed by atoms with E-state index in [0.717, 1.165) is 10.5 Å². The van der Waals surface area contributed by atoms with Crippen molar-refractivity contribution in [1.82, 2.24) is 9.88 Å². The average molecular weight is 306 g/mol. The lowest BCUT2D eigenvalue weighted by molar-refractivity contribution is -0.137. The molecule has 1 aromatic heterocycles. The first kappa shape index (κ1) is 15.9. The highest BCUT2D eigenvalue weighted by Gasteiger charge is 2.29. The number of fused-ring (bicyclic) bond motifs is 1. The van der Waals surface area contributed by atoms with Crippen molar-refractivity contribution in [2.45, 2.75) is 45.7 Å². The molecule has 21 heavy (non-hydrogen) atoms. The van der Waals surface area contributed by atoms with E-state index in [0.29, 0.717) is 6.54 Å². The van der Waals surface area contributed by atoms with E-state index in [4.69, 9.17) is 10.1 Å². The van der Waals surface area contributed by atoms with Gasteiger partial charge in [-0.15, -0.1) is 11.3 Å². The minimum atomic E-state index is -0.763. The second kappa shape index (κ2) is 6.12. The number of carboxylic acid groups (broad SMARTS) is 1. The third-order valence-corrected chi connectivity index (χ3v) is 4.77. The molecule has 0 radical (unpaired) electrons. The van der Waals surface area contributed by atoms with Crippen molar-refractivity contribution in [3.63, 3.8) is 0 Å².